The van der Waals surface area contributed by atoms with Gasteiger partial charge in [-0.2, -0.15) is 13.1 Å². The number of rotatable bonds is 6. The van der Waals surface area contributed by atoms with E-state index in [-0.39, 0.29) is 34.1 Å². The molecule has 1 atom stereocenters. The summed E-state index contributed by atoms with van der Waals surface area (Å²) in [5.41, 5.74) is 0.595. The second-order valence-corrected chi connectivity index (χ2v) is 9.18. The zero-order valence-electron chi connectivity index (χ0n) is 16.2. The first-order chi connectivity index (χ1) is 14.8. The summed E-state index contributed by atoms with van der Waals surface area (Å²) in [6, 6.07) is 7.50. The number of methoxy groups -OCH3 is 1. The second kappa shape index (κ2) is 8.17. The fourth-order valence-corrected chi connectivity index (χ4v) is 5.94. The molecule has 0 aliphatic carbocycles. The molecule has 162 valence electrons. The Morgan fingerprint density at radius 3 is 2.87 bits per heavy atom. The third-order valence-electron chi connectivity index (χ3n) is 4.99. The van der Waals surface area contributed by atoms with Crippen LogP contribution in [-0.2, 0) is 14.8 Å². The van der Waals surface area contributed by atoms with E-state index in [4.69, 9.17) is 4.74 Å². The van der Waals surface area contributed by atoms with Gasteiger partial charge in [0.15, 0.2) is 0 Å². The maximum Gasteiger partial charge on any atom is 0.271 e. The first-order valence-electron chi connectivity index (χ1n) is 9.19. The molecule has 1 fully saturated rings. The molecule has 2 aromatic carbocycles. The number of aromatic nitrogens is 2. The minimum absolute atomic E-state index is 0.00798. The Labute approximate surface area is 181 Å². The van der Waals surface area contributed by atoms with Crippen molar-refractivity contribution in [3.05, 3.63) is 46.5 Å². The van der Waals surface area contributed by atoms with Gasteiger partial charge in [-0.1, -0.05) is 6.07 Å². The quantitative estimate of drug-likeness (QED) is 0.433. The number of nitrogens with one attached hydrogen (secondary N) is 1. The molecule has 1 N–H and O–H groups in total. The summed E-state index contributed by atoms with van der Waals surface area (Å²) in [6.45, 7) is 0.167. The van der Waals surface area contributed by atoms with Gasteiger partial charge in [0.2, 0.25) is 15.9 Å². The molecular weight excluding hydrogens is 446 g/mol. The van der Waals surface area contributed by atoms with E-state index in [2.05, 4.69) is 14.1 Å². The van der Waals surface area contributed by atoms with Gasteiger partial charge in [-0.05, 0) is 31.0 Å². The lowest BCUT2D eigenvalue weighted by atomic mass is 10.2. The maximum absolute atomic E-state index is 13.3. The summed E-state index contributed by atoms with van der Waals surface area (Å²) in [7, 11) is -2.66. The smallest absolute Gasteiger partial charge is 0.271 e. The number of fused-ring (bicyclic) bond motifs is 1. The Bertz CT molecular complexity index is 1280. The van der Waals surface area contributed by atoms with Crippen molar-refractivity contribution in [2.45, 2.75) is 23.8 Å². The number of carbonyl (C=O) groups is 1. The lowest BCUT2D eigenvalue weighted by Crippen LogP contribution is -2.43. The van der Waals surface area contributed by atoms with Crippen molar-refractivity contribution < 1.29 is 22.9 Å². The molecule has 3 aromatic rings. The molecule has 11 nitrogen and oxygen atoms in total. The largest absolute Gasteiger partial charge is 0.495 e. The van der Waals surface area contributed by atoms with Crippen molar-refractivity contribution in [1.82, 2.24) is 13.1 Å². The predicted octanol–water partition coefficient (Wildman–Crippen LogP) is 2.40. The van der Waals surface area contributed by atoms with E-state index in [0.29, 0.717) is 18.4 Å². The van der Waals surface area contributed by atoms with E-state index in [9.17, 15) is 23.3 Å². The Kier molecular flexibility index (Phi) is 5.56. The number of anilines is 1. The van der Waals surface area contributed by atoms with Gasteiger partial charge < -0.3 is 10.1 Å². The molecular formula is C18H17N5O6S2. The highest BCUT2D eigenvalue weighted by atomic mass is 32.2. The van der Waals surface area contributed by atoms with Crippen molar-refractivity contribution in [2.75, 3.05) is 19.0 Å². The molecule has 1 aromatic heterocycles. The van der Waals surface area contributed by atoms with Crippen LogP contribution in [0, 0.1) is 10.1 Å². The number of nitro benzene ring substituents is 1. The van der Waals surface area contributed by atoms with Crippen LogP contribution in [-0.4, -0.2) is 52.0 Å². The Morgan fingerprint density at radius 1 is 1.32 bits per heavy atom. The van der Waals surface area contributed by atoms with Gasteiger partial charge in [0, 0.05) is 18.7 Å². The molecule has 13 heteroatoms. The van der Waals surface area contributed by atoms with Gasteiger partial charge in [-0.3, -0.25) is 14.9 Å². The number of carbonyl (C=O) groups excluding carboxylic acids is 1. The van der Waals surface area contributed by atoms with Crippen LogP contribution in [0.3, 0.4) is 0 Å². The minimum Gasteiger partial charge on any atom is -0.495 e. The molecule has 1 unspecified atom stereocenters. The summed E-state index contributed by atoms with van der Waals surface area (Å²) in [4.78, 5) is 23.5. The summed E-state index contributed by atoms with van der Waals surface area (Å²) >= 11 is 0.911. The summed E-state index contributed by atoms with van der Waals surface area (Å²) < 4.78 is 41.2. The van der Waals surface area contributed by atoms with Gasteiger partial charge in [0.25, 0.3) is 5.69 Å². The molecule has 1 amide bonds. The topological polar surface area (TPSA) is 145 Å². The normalized spacial score (nSPS) is 17.0. The maximum atomic E-state index is 13.3. The lowest BCUT2D eigenvalue weighted by Gasteiger charge is -2.23. The van der Waals surface area contributed by atoms with Crippen LogP contribution in [0.5, 0.6) is 5.75 Å². The summed E-state index contributed by atoms with van der Waals surface area (Å²) in [5.74, 6) is -0.367. The molecule has 1 saturated heterocycles. The van der Waals surface area contributed by atoms with Crippen molar-refractivity contribution >= 4 is 50.1 Å². The van der Waals surface area contributed by atoms with Gasteiger partial charge >= 0.3 is 0 Å². The first kappa shape index (κ1) is 21.1. The average molecular weight is 463 g/mol. The van der Waals surface area contributed by atoms with Crippen LogP contribution in [0.2, 0.25) is 0 Å². The van der Waals surface area contributed by atoms with Crippen molar-refractivity contribution in [3.63, 3.8) is 0 Å². The molecule has 4 rings (SSSR count). The summed E-state index contributed by atoms with van der Waals surface area (Å²) in [6.07, 6.45) is 0.808. The number of nitrogens with zero attached hydrogens (tertiary/aromatic N) is 4. The van der Waals surface area contributed by atoms with E-state index >= 15 is 0 Å². The molecule has 31 heavy (non-hydrogen) atoms. The van der Waals surface area contributed by atoms with E-state index in [0.717, 1.165) is 16.0 Å². The zero-order chi connectivity index (χ0) is 22.2. The first-order valence-corrected chi connectivity index (χ1v) is 11.4. The molecule has 0 spiro atoms. The predicted molar refractivity (Wildman–Crippen MR) is 113 cm³/mol. The number of hydrogen-bond donors (Lipinski definition) is 1. The molecule has 0 radical (unpaired) electrons. The van der Waals surface area contributed by atoms with Crippen LogP contribution < -0.4 is 10.1 Å². The number of benzene rings is 2. The Morgan fingerprint density at radius 2 is 2.13 bits per heavy atom. The van der Waals surface area contributed by atoms with Crippen molar-refractivity contribution in [2.24, 2.45) is 0 Å². The number of sulfonamides is 1. The third kappa shape index (κ3) is 3.82. The van der Waals surface area contributed by atoms with Crippen molar-refractivity contribution in [1.29, 1.82) is 0 Å². The zero-order valence-corrected chi connectivity index (χ0v) is 17.9. The van der Waals surface area contributed by atoms with Gasteiger partial charge in [-0.15, -0.1) is 0 Å². The summed E-state index contributed by atoms with van der Waals surface area (Å²) in [5, 5.41) is 13.7. The Balaban J connectivity index is 1.65. The van der Waals surface area contributed by atoms with E-state index in [1.165, 1.54) is 31.4 Å². The molecule has 0 bridgehead atoms. The Hall–Kier alpha value is -3.16. The minimum atomic E-state index is -4.02. The van der Waals surface area contributed by atoms with Gasteiger partial charge in [-0.25, -0.2) is 8.42 Å². The lowest BCUT2D eigenvalue weighted by molar-refractivity contribution is -0.384. The average Bonchev–Trinajstić information content (AvgIpc) is 3.43. The fraction of sp³-hybridized carbons (Fsp3) is 0.278. The molecule has 1 aliphatic rings. The highest BCUT2D eigenvalue weighted by molar-refractivity contribution is 7.89. The van der Waals surface area contributed by atoms with Gasteiger partial charge in [0.1, 0.15) is 27.7 Å². The van der Waals surface area contributed by atoms with Gasteiger partial charge in [0.05, 0.1) is 29.4 Å². The molecule has 0 saturated carbocycles. The van der Waals surface area contributed by atoms with E-state index in [1.54, 1.807) is 12.1 Å². The number of ether oxygens (including phenoxy) is 1. The SMILES string of the molecule is COc1ccc([N+](=O)[O-])cc1NC(=O)C1CCCN1S(=O)(=O)c1cccc2nsnc12. The van der Waals surface area contributed by atoms with Crippen LogP contribution in [0.15, 0.2) is 41.3 Å². The highest BCUT2D eigenvalue weighted by Crippen LogP contribution is 2.33. The number of nitro groups is 1. The number of amides is 1. The van der Waals surface area contributed by atoms with Crippen molar-refractivity contribution in [3.8, 4) is 5.75 Å². The molecule has 2 heterocycles. The van der Waals surface area contributed by atoms with Crippen LogP contribution in [0.25, 0.3) is 11.0 Å². The highest BCUT2D eigenvalue weighted by Gasteiger charge is 2.40. The van der Waals surface area contributed by atoms with Crippen LogP contribution in [0.1, 0.15) is 12.8 Å². The second-order valence-electron chi connectivity index (χ2n) is 6.79. The standard InChI is InChI=1S/C18H17N5O6S2/c1-29-15-8-7-11(23(25)26)10-13(15)19-18(24)14-5-3-9-22(14)31(27,28)16-6-2-4-12-17(16)21-30-20-12/h2,4,6-8,10,14H,3,5,9H2,1H3,(H,19,24). The monoisotopic (exact) mass is 463 g/mol. The van der Waals surface area contributed by atoms with Crippen LogP contribution in [0.4, 0.5) is 11.4 Å². The van der Waals surface area contributed by atoms with E-state index < -0.39 is 26.9 Å². The third-order valence-corrected chi connectivity index (χ3v) is 7.48. The number of hydrogen-bond acceptors (Lipinski definition) is 9. The number of non-ortho nitro benzene ring substituents is 1. The molecule has 1 aliphatic heterocycles. The van der Waals surface area contributed by atoms with E-state index in [1.807, 2.05) is 0 Å². The fourth-order valence-electron chi connectivity index (χ4n) is 3.53. The van der Waals surface area contributed by atoms with Crippen LogP contribution >= 0.6 is 11.7 Å².